The quantitative estimate of drug-likeness (QED) is 0.131. The van der Waals surface area contributed by atoms with Crippen LogP contribution in [0.25, 0.3) is 22.3 Å². The maximum absolute atomic E-state index is 14.4. The van der Waals surface area contributed by atoms with Gasteiger partial charge in [-0.25, -0.2) is 9.97 Å². The van der Waals surface area contributed by atoms with Gasteiger partial charge in [0.2, 0.25) is 17.6 Å². The van der Waals surface area contributed by atoms with Gasteiger partial charge in [0.15, 0.2) is 5.13 Å². The Bertz CT molecular complexity index is 2100. The summed E-state index contributed by atoms with van der Waals surface area (Å²) in [5, 5.41) is 16.0. The molecule has 4 aromatic rings. The van der Waals surface area contributed by atoms with Gasteiger partial charge < -0.3 is 35.6 Å². The van der Waals surface area contributed by atoms with Crippen molar-refractivity contribution < 1.29 is 28.7 Å². The SMILES string of the molecule is COc1ccc2c(O[C@@H]3C[C@H]4C(=O)NC(CC5CCC5)C(=O)C(=O)Nc5ccccc5NCCCCCCCCC(=O)N4C3)cc(-c3csc(NC(C)C)n3)nc2c1. The number of amides is 3. The lowest BCUT2D eigenvalue weighted by Crippen LogP contribution is -2.53. The van der Waals surface area contributed by atoms with Crippen molar-refractivity contribution in [3.8, 4) is 22.9 Å². The van der Waals surface area contributed by atoms with E-state index in [9.17, 15) is 19.2 Å². The second-order valence-electron chi connectivity index (χ2n) is 16.0. The zero-order valence-corrected chi connectivity index (χ0v) is 34.5. The number of carbonyl (C=O) groups is 4. The van der Waals surface area contributed by atoms with Crippen LogP contribution in [0.4, 0.5) is 16.5 Å². The van der Waals surface area contributed by atoms with Gasteiger partial charge in [0.25, 0.3) is 5.91 Å². The van der Waals surface area contributed by atoms with Crippen molar-refractivity contribution in [2.24, 2.45) is 5.92 Å². The third-order valence-electron chi connectivity index (χ3n) is 11.3. The van der Waals surface area contributed by atoms with Gasteiger partial charge in [-0.3, -0.25) is 19.2 Å². The van der Waals surface area contributed by atoms with E-state index in [0.29, 0.717) is 53.4 Å². The van der Waals surface area contributed by atoms with Crippen molar-refractivity contribution in [3.05, 3.63) is 53.9 Å². The number of benzene rings is 2. The lowest BCUT2D eigenvalue weighted by atomic mass is 9.80. The molecule has 1 unspecified atom stereocenters. The van der Waals surface area contributed by atoms with E-state index < -0.39 is 35.8 Å². The number of nitrogens with one attached hydrogen (secondary N) is 4. The molecule has 2 aromatic carbocycles. The Balaban J connectivity index is 1.16. The van der Waals surface area contributed by atoms with Gasteiger partial charge in [-0.05, 0) is 63.3 Å². The Kier molecular flexibility index (Phi) is 13.4. The number of aromatic nitrogens is 2. The highest BCUT2D eigenvalue weighted by atomic mass is 32.1. The number of carbonyl (C=O) groups excluding carboxylic acids is 4. The molecule has 4 N–H and O–H groups in total. The Morgan fingerprint density at radius 3 is 2.45 bits per heavy atom. The molecule has 0 spiro atoms. The molecule has 7 rings (SSSR count). The second kappa shape index (κ2) is 19.0. The number of hydrogen-bond donors (Lipinski definition) is 4. The smallest absolute Gasteiger partial charge is 0.294 e. The molecule has 13 nitrogen and oxygen atoms in total. The summed E-state index contributed by atoms with van der Waals surface area (Å²) in [7, 11) is 1.61. The minimum atomic E-state index is -1.03. The molecule has 3 atom stereocenters. The van der Waals surface area contributed by atoms with Crippen LogP contribution in [0.1, 0.15) is 90.9 Å². The van der Waals surface area contributed by atoms with E-state index >= 15 is 0 Å². The first kappa shape index (κ1) is 40.9. The summed E-state index contributed by atoms with van der Waals surface area (Å²) in [6.07, 6.45) is 8.91. The molecule has 0 bridgehead atoms. The highest BCUT2D eigenvalue weighted by molar-refractivity contribution is 7.14. The molecule has 0 radical (unpaired) electrons. The van der Waals surface area contributed by atoms with Gasteiger partial charge in [-0.1, -0.05) is 57.1 Å². The number of Topliss-reactive ketones (excluding diaryl/α,β-unsaturated/α-hetero) is 1. The Hall–Kier alpha value is -5.24. The molecule has 1 aliphatic carbocycles. The number of nitrogens with zero attached hydrogens (tertiary/aromatic N) is 3. The normalized spacial score (nSPS) is 21.7. The average molecular weight is 810 g/mol. The van der Waals surface area contributed by atoms with Gasteiger partial charge in [-0.2, -0.15) is 0 Å². The molecule has 3 aliphatic rings. The van der Waals surface area contributed by atoms with Gasteiger partial charge in [0.05, 0.1) is 42.3 Å². The summed E-state index contributed by atoms with van der Waals surface area (Å²) in [5.41, 5.74) is 3.23. The highest BCUT2D eigenvalue weighted by Crippen LogP contribution is 2.36. The Labute approximate surface area is 344 Å². The summed E-state index contributed by atoms with van der Waals surface area (Å²) in [6.45, 7) is 5.03. The number of rotatable bonds is 8. The van der Waals surface area contributed by atoms with Crippen molar-refractivity contribution in [2.45, 2.75) is 115 Å². The third-order valence-corrected chi connectivity index (χ3v) is 12.1. The maximum atomic E-state index is 14.4. The molecule has 14 heteroatoms. The lowest BCUT2D eigenvalue weighted by molar-refractivity contribution is -0.141. The van der Waals surface area contributed by atoms with Crippen LogP contribution >= 0.6 is 11.3 Å². The minimum absolute atomic E-state index is 0.126. The van der Waals surface area contributed by atoms with Crippen LogP contribution in [0.2, 0.25) is 0 Å². The van der Waals surface area contributed by atoms with E-state index in [-0.39, 0.29) is 30.8 Å². The number of fused-ring (bicyclic) bond motifs is 3. The highest BCUT2D eigenvalue weighted by Gasteiger charge is 2.43. The first-order valence-corrected chi connectivity index (χ1v) is 21.7. The number of para-hydroxylation sites is 2. The van der Waals surface area contributed by atoms with Crippen LogP contribution in [0.5, 0.6) is 11.5 Å². The van der Waals surface area contributed by atoms with Gasteiger partial charge in [0, 0.05) is 48.3 Å². The van der Waals surface area contributed by atoms with E-state index in [1.807, 2.05) is 47.8 Å². The number of thiazole rings is 1. The minimum Gasteiger partial charge on any atom is -0.497 e. The molecule has 58 heavy (non-hydrogen) atoms. The summed E-state index contributed by atoms with van der Waals surface area (Å²) in [6, 6.07) is 13.1. The van der Waals surface area contributed by atoms with Crippen LogP contribution in [0.3, 0.4) is 0 Å². The maximum Gasteiger partial charge on any atom is 0.294 e. The average Bonchev–Trinajstić information content (AvgIpc) is 3.85. The van der Waals surface area contributed by atoms with E-state index in [0.717, 1.165) is 74.1 Å². The Morgan fingerprint density at radius 1 is 0.914 bits per heavy atom. The summed E-state index contributed by atoms with van der Waals surface area (Å²) in [4.78, 5) is 67.1. The standard InChI is InChI=1S/C44H55N7O6S/c1-27(2)46-44-50-37(26-58-44)35-24-39(31-19-18-29(56-3)22-34(31)47-35)57-30-23-38-42(54)49-36(21-28-13-12-14-28)41(53)43(55)48-33-16-10-9-15-32(33)45-20-11-7-5-4-6-8-17-40(52)51(38)25-30/h9-10,15-16,18-19,22,24,26-28,30,36,38,45H,4-8,11-14,17,20-21,23,25H2,1-3H3,(H,46,50)(H,48,55)(H,49,54)/t30-,36?,38+/m1/s1. The fourth-order valence-corrected chi connectivity index (χ4v) is 8.80. The van der Waals surface area contributed by atoms with Crippen LogP contribution < -0.4 is 30.7 Å². The molecule has 4 heterocycles. The van der Waals surface area contributed by atoms with Crippen molar-refractivity contribution in [1.29, 1.82) is 0 Å². The number of ether oxygens (including phenoxy) is 2. The first-order chi connectivity index (χ1) is 28.1. The number of hydrogen-bond acceptors (Lipinski definition) is 11. The van der Waals surface area contributed by atoms with Crippen molar-refractivity contribution in [3.63, 3.8) is 0 Å². The second-order valence-corrected chi connectivity index (χ2v) is 16.9. The number of anilines is 3. The van der Waals surface area contributed by atoms with E-state index in [4.69, 9.17) is 19.4 Å². The number of ketones is 1. The fraction of sp³-hybridized carbons (Fsp3) is 0.500. The molecule has 1 saturated heterocycles. The molecule has 3 amide bonds. The van der Waals surface area contributed by atoms with Crippen molar-refractivity contribution in [2.75, 3.05) is 36.1 Å². The van der Waals surface area contributed by atoms with Crippen LogP contribution in [0, 0.1) is 5.92 Å². The fourth-order valence-electron chi connectivity index (χ4n) is 7.95. The van der Waals surface area contributed by atoms with Crippen molar-refractivity contribution in [1.82, 2.24) is 20.2 Å². The monoisotopic (exact) mass is 809 g/mol. The zero-order chi connectivity index (χ0) is 40.6. The molecule has 2 aromatic heterocycles. The van der Waals surface area contributed by atoms with Crippen LogP contribution in [-0.2, 0) is 19.2 Å². The topological polar surface area (TPSA) is 164 Å². The lowest BCUT2D eigenvalue weighted by Gasteiger charge is -2.31. The Morgan fingerprint density at radius 2 is 1.69 bits per heavy atom. The van der Waals surface area contributed by atoms with Crippen molar-refractivity contribution >= 4 is 62.3 Å². The van der Waals surface area contributed by atoms with Gasteiger partial charge in [-0.15, -0.1) is 11.3 Å². The molecule has 308 valence electrons. The number of pyridine rings is 1. The first-order valence-electron chi connectivity index (χ1n) is 20.8. The predicted octanol–water partition coefficient (Wildman–Crippen LogP) is 7.57. The van der Waals surface area contributed by atoms with Gasteiger partial charge in [0.1, 0.15) is 29.3 Å². The van der Waals surface area contributed by atoms with E-state index in [1.54, 1.807) is 18.1 Å². The predicted molar refractivity (Wildman–Crippen MR) is 227 cm³/mol. The molecular weight excluding hydrogens is 755 g/mol. The number of methoxy groups -OCH3 is 1. The largest absolute Gasteiger partial charge is 0.497 e. The third kappa shape index (κ3) is 10.1. The molecule has 1 saturated carbocycles. The van der Waals surface area contributed by atoms with Crippen LogP contribution in [-0.4, -0.2) is 82.8 Å². The zero-order valence-electron chi connectivity index (χ0n) is 33.7. The summed E-state index contributed by atoms with van der Waals surface area (Å²) in [5.74, 6) is -0.647. The van der Waals surface area contributed by atoms with Gasteiger partial charge >= 0.3 is 0 Å². The van der Waals surface area contributed by atoms with E-state index in [1.165, 1.54) is 11.3 Å². The summed E-state index contributed by atoms with van der Waals surface area (Å²) < 4.78 is 12.3. The molecule has 2 aliphatic heterocycles. The summed E-state index contributed by atoms with van der Waals surface area (Å²) >= 11 is 1.50. The molecule has 2 fully saturated rings. The van der Waals surface area contributed by atoms with Crippen LogP contribution in [0.15, 0.2) is 53.9 Å². The molecular formula is C44H55N7O6S. The van der Waals surface area contributed by atoms with E-state index in [2.05, 4.69) is 35.1 Å².